The number of methoxy groups -OCH3 is 1. The highest BCUT2D eigenvalue weighted by Gasteiger charge is 2.34. The molecule has 10 heavy (non-hydrogen) atoms. The SMILES string of the molecule is C#CC1OCC(O)C1OC. The van der Waals surface area contributed by atoms with Crippen molar-refractivity contribution in [2.75, 3.05) is 13.7 Å². The van der Waals surface area contributed by atoms with Gasteiger partial charge in [0.05, 0.1) is 6.61 Å². The minimum Gasteiger partial charge on any atom is -0.388 e. The highest BCUT2D eigenvalue weighted by molar-refractivity contribution is 5.04. The van der Waals surface area contributed by atoms with Crippen LogP contribution in [0.25, 0.3) is 0 Å². The summed E-state index contributed by atoms with van der Waals surface area (Å²) in [5.41, 5.74) is 0. The van der Waals surface area contributed by atoms with E-state index < -0.39 is 6.10 Å². The molecule has 0 aromatic rings. The minimum atomic E-state index is -0.578. The third-order valence-electron chi connectivity index (χ3n) is 1.56. The number of ether oxygens (including phenoxy) is 2. The van der Waals surface area contributed by atoms with E-state index in [1.807, 2.05) is 0 Å². The molecule has 1 aliphatic heterocycles. The van der Waals surface area contributed by atoms with Gasteiger partial charge in [0.15, 0.2) is 0 Å². The van der Waals surface area contributed by atoms with Gasteiger partial charge in [-0.05, 0) is 0 Å². The first-order valence-corrected chi connectivity index (χ1v) is 3.08. The van der Waals surface area contributed by atoms with Crippen LogP contribution in [0.15, 0.2) is 0 Å². The molecule has 3 atom stereocenters. The zero-order valence-electron chi connectivity index (χ0n) is 5.78. The van der Waals surface area contributed by atoms with E-state index in [-0.39, 0.29) is 18.8 Å². The fourth-order valence-corrected chi connectivity index (χ4v) is 1.02. The van der Waals surface area contributed by atoms with Gasteiger partial charge in [0.1, 0.15) is 18.3 Å². The normalized spacial score (nSPS) is 39.5. The summed E-state index contributed by atoms with van der Waals surface area (Å²) in [5.74, 6) is 2.39. The molecule has 3 nitrogen and oxygen atoms in total. The molecule has 1 N–H and O–H groups in total. The Kier molecular flexibility index (Phi) is 2.28. The lowest BCUT2D eigenvalue weighted by molar-refractivity contribution is 0.00729. The molecule has 0 aliphatic carbocycles. The van der Waals surface area contributed by atoms with Crippen molar-refractivity contribution >= 4 is 0 Å². The molecular weight excluding hydrogens is 132 g/mol. The van der Waals surface area contributed by atoms with Crippen molar-refractivity contribution < 1.29 is 14.6 Å². The van der Waals surface area contributed by atoms with Crippen molar-refractivity contribution in [2.45, 2.75) is 18.3 Å². The van der Waals surface area contributed by atoms with Gasteiger partial charge in [-0.3, -0.25) is 0 Å². The molecule has 1 heterocycles. The number of aliphatic hydroxyl groups excluding tert-OH is 1. The molecule has 0 saturated carbocycles. The molecule has 0 aromatic carbocycles. The van der Waals surface area contributed by atoms with Gasteiger partial charge in [-0.2, -0.15) is 0 Å². The summed E-state index contributed by atoms with van der Waals surface area (Å²) >= 11 is 0. The summed E-state index contributed by atoms with van der Waals surface area (Å²) in [5, 5.41) is 9.14. The number of terminal acetylenes is 1. The van der Waals surface area contributed by atoms with Crippen molar-refractivity contribution in [3.05, 3.63) is 0 Å². The smallest absolute Gasteiger partial charge is 0.146 e. The Morgan fingerprint density at radius 3 is 2.90 bits per heavy atom. The van der Waals surface area contributed by atoms with Gasteiger partial charge in [0.25, 0.3) is 0 Å². The van der Waals surface area contributed by atoms with Gasteiger partial charge >= 0.3 is 0 Å². The third kappa shape index (κ3) is 1.14. The predicted molar refractivity (Wildman–Crippen MR) is 35.4 cm³/mol. The highest BCUT2D eigenvalue weighted by Crippen LogP contribution is 2.15. The molecule has 1 aliphatic rings. The van der Waals surface area contributed by atoms with E-state index >= 15 is 0 Å². The van der Waals surface area contributed by atoms with Crippen LogP contribution >= 0.6 is 0 Å². The van der Waals surface area contributed by atoms with Crippen molar-refractivity contribution in [2.24, 2.45) is 0 Å². The Morgan fingerprint density at radius 2 is 2.50 bits per heavy atom. The lowest BCUT2D eigenvalue weighted by atomic mass is 10.1. The molecule has 0 aromatic heterocycles. The maximum absolute atomic E-state index is 9.14. The van der Waals surface area contributed by atoms with Crippen molar-refractivity contribution in [3.63, 3.8) is 0 Å². The van der Waals surface area contributed by atoms with Crippen LogP contribution in [-0.4, -0.2) is 37.1 Å². The van der Waals surface area contributed by atoms with Gasteiger partial charge in [0, 0.05) is 7.11 Å². The fraction of sp³-hybridized carbons (Fsp3) is 0.714. The maximum Gasteiger partial charge on any atom is 0.146 e. The van der Waals surface area contributed by atoms with E-state index in [0.29, 0.717) is 0 Å². The molecule has 56 valence electrons. The average Bonchev–Trinajstić information content (AvgIpc) is 2.30. The molecule has 0 radical (unpaired) electrons. The van der Waals surface area contributed by atoms with Gasteiger partial charge in [0.2, 0.25) is 0 Å². The summed E-state index contributed by atoms with van der Waals surface area (Å²) in [4.78, 5) is 0. The van der Waals surface area contributed by atoms with E-state index in [9.17, 15) is 0 Å². The van der Waals surface area contributed by atoms with E-state index in [0.717, 1.165) is 0 Å². The monoisotopic (exact) mass is 142 g/mol. The standard InChI is InChI=1S/C7H10O3/c1-3-6-7(9-2)5(8)4-10-6/h1,5-8H,4H2,2H3. The molecule has 0 amide bonds. The van der Waals surface area contributed by atoms with Crippen LogP contribution in [0.1, 0.15) is 0 Å². The lowest BCUT2D eigenvalue weighted by Gasteiger charge is -2.12. The van der Waals surface area contributed by atoms with Crippen LogP contribution in [0.3, 0.4) is 0 Å². The highest BCUT2D eigenvalue weighted by atomic mass is 16.6. The van der Waals surface area contributed by atoms with Crippen LogP contribution in [0.2, 0.25) is 0 Å². The van der Waals surface area contributed by atoms with Crippen molar-refractivity contribution in [1.82, 2.24) is 0 Å². The third-order valence-corrected chi connectivity index (χ3v) is 1.56. The Hall–Kier alpha value is -0.560. The molecule has 3 heteroatoms. The van der Waals surface area contributed by atoms with Crippen molar-refractivity contribution in [1.29, 1.82) is 0 Å². The van der Waals surface area contributed by atoms with E-state index in [4.69, 9.17) is 21.0 Å². The largest absolute Gasteiger partial charge is 0.388 e. The minimum absolute atomic E-state index is 0.271. The zero-order chi connectivity index (χ0) is 7.56. The van der Waals surface area contributed by atoms with Crippen LogP contribution in [0.4, 0.5) is 0 Å². The Bertz CT molecular complexity index is 149. The summed E-state index contributed by atoms with van der Waals surface area (Å²) < 4.78 is 9.92. The number of aliphatic hydroxyl groups is 1. The topological polar surface area (TPSA) is 38.7 Å². The van der Waals surface area contributed by atoms with Crippen molar-refractivity contribution in [3.8, 4) is 12.3 Å². The molecule has 1 rings (SSSR count). The summed E-state index contributed by atoms with van der Waals surface area (Å²) in [6.07, 6.45) is 3.77. The molecule has 1 fully saturated rings. The van der Waals surface area contributed by atoms with Gasteiger partial charge in [-0.1, -0.05) is 5.92 Å². The summed E-state index contributed by atoms with van der Waals surface area (Å²) in [6, 6.07) is 0. The van der Waals surface area contributed by atoms with Gasteiger partial charge < -0.3 is 14.6 Å². The Labute approximate surface area is 59.9 Å². The Morgan fingerprint density at radius 1 is 1.80 bits per heavy atom. The quantitative estimate of drug-likeness (QED) is 0.496. The average molecular weight is 142 g/mol. The lowest BCUT2D eigenvalue weighted by Crippen LogP contribution is -2.30. The molecule has 0 spiro atoms. The van der Waals surface area contributed by atoms with E-state index in [1.165, 1.54) is 7.11 Å². The van der Waals surface area contributed by atoms with Crippen LogP contribution in [0.5, 0.6) is 0 Å². The molecule has 3 unspecified atom stereocenters. The summed E-state index contributed by atoms with van der Waals surface area (Å²) in [6.45, 7) is 0.271. The second-order valence-corrected chi connectivity index (χ2v) is 2.19. The van der Waals surface area contributed by atoms with Gasteiger partial charge in [-0.15, -0.1) is 6.42 Å². The number of hydrogen-bond acceptors (Lipinski definition) is 3. The van der Waals surface area contributed by atoms with E-state index in [2.05, 4.69) is 5.92 Å². The summed E-state index contributed by atoms with van der Waals surface area (Å²) in [7, 11) is 1.51. The van der Waals surface area contributed by atoms with E-state index in [1.54, 1.807) is 0 Å². The number of hydrogen-bond donors (Lipinski definition) is 1. The first kappa shape index (κ1) is 7.55. The van der Waals surface area contributed by atoms with Crippen LogP contribution in [-0.2, 0) is 9.47 Å². The second kappa shape index (κ2) is 3.02. The predicted octanol–water partition coefficient (Wildman–Crippen LogP) is -0.606. The molecule has 1 saturated heterocycles. The molecular formula is C7H10O3. The zero-order valence-corrected chi connectivity index (χ0v) is 5.78. The first-order chi connectivity index (χ1) is 4.79. The van der Waals surface area contributed by atoms with Gasteiger partial charge in [-0.25, -0.2) is 0 Å². The Balaban J connectivity index is 2.56. The number of rotatable bonds is 1. The maximum atomic E-state index is 9.14. The van der Waals surface area contributed by atoms with Crippen LogP contribution in [0, 0.1) is 12.3 Å². The van der Waals surface area contributed by atoms with Crippen LogP contribution < -0.4 is 0 Å². The second-order valence-electron chi connectivity index (χ2n) is 2.19. The molecule has 0 bridgehead atoms. The first-order valence-electron chi connectivity index (χ1n) is 3.08. The fourth-order valence-electron chi connectivity index (χ4n) is 1.02.